The van der Waals surface area contributed by atoms with Gasteiger partial charge in [0.2, 0.25) is 0 Å². The Labute approximate surface area is 170 Å². The second-order valence-electron chi connectivity index (χ2n) is 6.72. The summed E-state index contributed by atoms with van der Waals surface area (Å²) in [6.45, 7) is 3.73. The van der Waals surface area contributed by atoms with E-state index in [-0.39, 0.29) is 16.9 Å². The molecule has 1 aliphatic rings. The van der Waals surface area contributed by atoms with Crippen molar-refractivity contribution in [2.24, 2.45) is 0 Å². The molecule has 146 valence electrons. The topological polar surface area (TPSA) is 70.5 Å². The summed E-state index contributed by atoms with van der Waals surface area (Å²) in [5.74, 6) is -2.36. The zero-order chi connectivity index (χ0) is 20.7. The maximum Gasteiger partial charge on any atom is 0.301 e. The lowest BCUT2D eigenvalue weighted by Gasteiger charge is -2.23. The van der Waals surface area contributed by atoms with Crippen molar-refractivity contribution < 1.29 is 19.1 Å². The summed E-state index contributed by atoms with van der Waals surface area (Å²) in [6, 6.07) is 13.3. The second kappa shape index (κ2) is 7.25. The minimum atomic E-state index is -0.828. The number of hydrogen-bond acceptors (Lipinski definition) is 5. The molecule has 29 heavy (non-hydrogen) atoms. The molecular weight excluding hydrogens is 391 g/mol. The SMILES string of the molecule is Cc1nc(N2C(=O)C(=O)C(=C(O)c3ccc(F)cc3)[C@@H]2c2ccccc2)sc1C. The number of thiazole rings is 1. The van der Waals surface area contributed by atoms with E-state index in [1.54, 1.807) is 24.3 Å². The van der Waals surface area contributed by atoms with Crippen LogP contribution in [0.2, 0.25) is 0 Å². The average molecular weight is 408 g/mol. The van der Waals surface area contributed by atoms with Gasteiger partial charge in [0.05, 0.1) is 17.3 Å². The molecule has 1 fully saturated rings. The Morgan fingerprint density at radius 2 is 1.72 bits per heavy atom. The van der Waals surface area contributed by atoms with Gasteiger partial charge in [-0.25, -0.2) is 9.37 Å². The van der Waals surface area contributed by atoms with Crippen LogP contribution in [0.1, 0.15) is 27.7 Å². The molecule has 2 heterocycles. The molecule has 1 atom stereocenters. The summed E-state index contributed by atoms with van der Waals surface area (Å²) >= 11 is 1.32. The molecule has 1 aromatic heterocycles. The number of aryl methyl sites for hydroxylation is 2. The lowest BCUT2D eigenvalue weighted by atomic mass is 9.95. The molecule has 1 aliphatic heterocycles. The molecule has 0 aliphatic carbocycles. The van der Waals surface area contributed by atoms with Gasteiger partial charge in [0.25, 0.3) is 5.78 Å². The first-order valence-corrected chi connectivity index (χ1v) is 9.76. The van der Waals surface area contributed by atoms with Crippen molar-refractivity contribution in [3.63, 3.8) is 0 Å². The number of carbonyl (C=O) groups excluding carboxylic acids is 2. The summed E-state index contributed by atoms with van der Waals surface area (Å²) in [5, 5.41) is 11.3. The lowest BCUT2D eigenvalue weighted by molar-refractivity contribution is -0.132. The van der Waals surface area contributed by atoms with E-state index in [1.807, 2.05) is 19.9 Å². The fourth-order valence-corrected chi connectivity index (χ4v) is 4.24. The highest BCUT2D eigenvalue weighted by atomic mass is 32.1. The predicted molar refractivity (Wildman–Crippen MR) is 109 cm³/mol. The van der Waals surface area contributed by atoms with Crippen LogP contribution in [0.15, 0.2) is 60.2 Å². The molecule has 1 N–H and O–H groups in total. The van der Waals surface area contributed by atoms with Crippen LogP contribution in [0.4, 0.5) is 9.52 Å². The van der Waals surface area contributed by atoms with Crippen LogP contribution in [0.25, 0.3) is 5.76 Å². The smallest absolute Gasteiger partial charge is 0.301 e. The van der Waals surface area contributed by atoms with Crippen molar-refractivity contribution in [2.75, 3.05) is 4.90 Å². The number of rotatable bonds is 3. The molecule has 3 aromatic rings. The van der Waals surface area contributed by atoms with Crippen molar-refractivity contribution in [3.05, 3.63) is 87.7 Å². The van der Waals surface area contributed by atoms with Gasteiger partial charge in [-0.15, -0.1) is 11.3 Å². The van der Waals surface area contributed by atoms with Crippen LogP contribution >= 0.6 is 11.3 Å². The summed E-state index contributed by atoms with van der Waals surface area (Å²) < 4.78 is 13.3. The van der Waals surface area contributed by atoms with E-state index in [1.165, 1.54) is 40.5 Å². The quantitative estimate of drug-likeness (QED) is 0.393. The minimum Gasteiger partial charge on any atom is -0.507 e. The molecule has 0 bridgehead atoms. The standard InChI is InChI=1S/C22H17FN2O3S/c1-12-13(2)29-22(24-12)25-18(14-6-4-3-5-7-14)17(20(27)21(25)28)19(26)15-8-10-16(23)11-9-15/h3-11,18,26H,1-2H3/t18-/m0/s1. The number of carbonyl (C=O) groups is 2. The van der Waals surface area contributed by atoms with Gasteiger partial charge < -0.3 is 5.11 Å². The molecule has 0 saturated carbocycles. The third-order valence-electron chi connectivity index (χ3n) is 4.90. The summed E-state index contributed by atoms with van der Waals surface area (Å²) in [5.41, 5.74) is 1.66. The monoisotopic (exact) mass is 408 g/mol. The van der Waals surface area contributed by atoms with E-state index in [0.717, 1.165) is 10.6 Å². The normalized spacial score (nSPS) is 18.4. The van der Waals surface area contributed by atoms with E-state index in [4.69, 9.17) is 0 Å². The van der Waals surface area contributed by atoms with E-state index >= 15 is 0 Å². The zero-order valence-electron chi connectivity index (χ0n) is 15.7. The molecule has 2 aromatic carbocycles. The molecule has 0 radical (unpaired) electrons. The number of amides is 1. The van der Waals surface area contributed by atoms with Crippen molar-refractivity contribution >= 4 is 33.9 Å². The average Bonchev–Trinajstić information content (AvgIpc) is 3.18. The number of anilines is 1. The number of benzene rings is 2. The molecule has 7 heteroatoms. The second-order valence-corrected chi connectivity index (χ2v) is 7.91. The molecule has 0 unspecified atom stereocenters. The number of aliphatic hydroxyl groups is 1. The van der Waals surface area contributed by atoms with E-state index in [0.29, 0.717) is 10.7 Å². The van der Waals surface area contributed by atoms with Gasteiger partial charge in [-0.3, -0.25) is 14.5 Å². The maximum atomic E-state index is 13.3. The van der Waals surface area contributed by atoms with Crippen LogP contribution < -0.4 is 4.90 Å². The van der Waals surface area contributed by atoms with E-state index < -0.39 is 23.5 Å². The number of halogens is 1. The van der Waals surface area contributed by atoms with Crippen molar-refractivity contribution in [3.8, 4) is 0 Å². The summed E-state index contributed by atoms with van der Waals surface area (Å²) in [4.78, 5) is 32.6. The Bertz CT molecular complexity index is 1120. The van der Waals surface area contributed by atoms with Gasteiger partial charge in [-0.2, -0.15) is 0 Å². The third kappa shape index (κ3) is 3.23. The fourth-order valence-electron chi connectivity index (χ4n) is 3.30. The minimum absolute atomic E-state index is 0.0432. The highest BCUT2D eigenvalue weighted by molar-refractivity contribution is 7.16. The molecule has 1 saturated heterocycles. The van der Waals surface area contributed by atoms with Crippen LogP contribution in [-0.4, -0.2) is 21.8 Å². The third-order valence-corrected chi connectivity index (χ3v) is 5.97. The van der Waals surface area contributed by atoms with Crippen molar-refractivity contribution in [1.29, 1.82) is 0 Å². The first kappa shape index (κ1) is 19.0. The lowest BCUT2D eigenvalue weighted by Crippen LogP contribution is -2.29. The van der Waals surface area contributed by atoms with Gasteiger partial charge in [0.1, 0.15) is 11.6 Å². The highest BCUT2D eigenvalue weighted by Gasteiger charge is 2.48. The number of ketones is 1. The van der Waals surface area contributed by atoms with E-state index in [2.05, 4.69) is 4.98 Å². The van der Waals surface area contributed by atoms with Crippen molar-refractivity contribution in [1.82, 2.24) is 4.98 Å². The number of hydrogen-bond donors (Lipinski definition) is 1. The Morgan fingerprint density at radius 1 is 1.07 bits per heavy atom. The van der Waals surface area contributed by atoms with Gasteiger partial charge in [-0.05, 0) is 43.7 Å². The van der Waals surface area contributed by atoms with Gasteiger partial charge >= 0.3 is 5.91 Å². The number of aliphatic hydroxyl groups excluding tert-OH is 1. The van der Waals surface area contributed by atoms with Gasteiger partial charge in [0, 0.05) is 10.4 Å². The zero-order valence-corrected chi connectivity index (χ0v) is 16.5. The predicted octanol–water partition coefficient (Wildman–Crippen LogP) is 4.53. The maximum absolute atomic E-state index is 13.3. The number of Topliss-reactive ketones (excluding diaryl/α,β-unsaturated/α-hetero) is 1. The molecular formula is C22H17FN2O3S. The van der Waals surface area contributed by atoms with Gasteiger partial charge in [-0.1, -0.05) is 30.3 Å². The Hall–Kier alpha value is -3.32. The first-order valence-electron chi connectivity index (χ1n) is 8.94. The van der Waals surface area contributed by atoms with E-state index in [9.17, 15) is 19.1 Å². The van der Waals surface area contributed by atoms with Crippen LogP contribution in [0.5, 0.6) is 0 Å². The molecule has 1 amide bonds. The summed E-state index contributed by atoms with van der Waals surface area (Å²) in [6.07, 6.45) is 0. The molecule has 5 nitrogen and oxygen atoms in total. The highest BCUT2D eigenvalue weighted by Crippen LogP contribution is 2.43. The Balaban J connectivity index is 1.94. The number of nitrogens with zero attached hydrogens (tertiary/aromatic N) is 2. The number of aromatic nitrogens is 1. The first-order chi connectivity index (χ1) is 13.9. The Morgan fingerprint density at radius 3 is 2.31 bits per heavy atom. The molecule has 0 spiro atoms. The van der Waals surface area contributed by atoms with Crippen molar-refractivity contribution in [2.45, 2.75) is 19.9 Å². The summed E-state index contributed by atoms with van der Waals surface area (Å²) in [7, 11) is 0. The van der Waals surface area contributed by atoms with Crippen LogP contribution in [0.3, 0.4) is 0 Å². The van der Waals surface area contributed by atoms with Crippen LogP contribution in [0, 0.1) is 19.7 Å². The Kier molecular flexibility index (Phi) is 4.76. The van der Waals surface area contributed by atoms with Crippen LogP contribution in [-0.2, 0) is 9.59 Å². The fraction of sp³-hybridized carbons (Fsp3) is 0.136. The largest absolute Gasteiger partial charge is 0.507 e. The molecule has 4 rings (SSSR count). The van der Waals surface area contributed by atoms with Gasteiger partial charge in [0.15, 0.2) is 5.13 Å².